The molecule has 21 heavy (non-hydrogen) atoms. The number of aromatic nitrogens is 1. The number of nitrogens with zero attached hydrogens (tertiary/aromatic N) is 2. The molecule has 0 spiro atoms. The summed E-state index contributed by atoms with van der Waals surface area (Å²) in [6.45, 7) is 4.22. The van der Waals surface area contributed by atoms with Gasteiger partial charge in [-0.3, -0.25) is 9.69 Å². The maximum Gasteiger partial charge on any atom is 0.415 e. The van der Waals surface area contributed by atoms with E-state index in [2.05, 4.69) is 11.6 Å². The summed E-state index contributed by atoms with van der Waals surface area (Å²) in [5.41, 5.74) is 1.65. The van der Waals surface area contributed by atoms with Crippen LogP contribution in [-0.4, -0.2) is 35.3 Å². The normalized spacial score (nSPS) is 13.4. The molecule has 2 rings (SSSR count). The molecule has 0 saturated heterocycles. The molecule has 0 fully saturated rings. The molecule has 1 N–H and O–H groups in total. The Labute approximate surface area is 123 Å². The third-order valence-corrected chi connectivity index (χ3v) is 3.24. The zero-order valence-electron chi connectivity index (χ0n) is 11.7. The Kier molecular flexibility index (Phi) is 4.92. The van der Waals surface area contributed by atoms with Crippen molar-refractivity contribution in [2.75, 3.05) is 18.1 Å². The molecule has 0 saturated carbocycles. The first kappa shape index (κ1) is 15.0. The number of aryl methyl sites for hydroxylation is 2. The summed E-state index contributed by atoms with van der Waals surface area (Å²) in [6, 6.07) is 3.73. The maximum atomic E-state index is 12.0. The Morgan fingerprint density at radius 2 is 2.29 bits per heavy atom. The van der Waals surface area contributed by atoms with E-state index in [1.807, 2.05) is 12.1 Å². The molecule has 0 atom stereocenters. The summed E-state index contributed by atoms with van der Waals surface area (Å²) in [5.74, 6) is -0.282. The number of fused-ring (bicyclic) bond motifs is 1. The number of ether oxygens (including phenoxy) is 1. The molecule has 6 nitrogen and oxygen atoms in total. The highest BCUT2D eigenvalue weighted by atomic mass is 16.6. The van der Waals surface area contributed by atoms with Gasteiger partial charge < -0.3 is 9.84 Å². The van der Waals surface area contributed by atoms with Crippen LogP contribution < -0.4 is 4.90 Å². The molecule has 1 aliphatic heterocycles. The van der Waals surface area contributed by atoms with Crippen molar-refractivity contribution in [2.45, 2.75) is 25.7 Å². The third-order valence-electron chi connectivity index (χ3n) is 3.24. The van der Waals surface area contributed by atoms with Crippen molar-refractivity contribution < 1.29 is 19.4 Å². The van der Waals surface area contributed by atoms with Crippen LogP contribution in [0.2, 0.25) is 0 Å². The van der Waals surface area contributed by atoms with Crippen molar-refractivity contribution in [3.8, 4) is 0 Å². The van der Waals surface area contributed by atoms with Crippen molar-refractivity contribution in [3.05, 3.63) is 36.0 Å². The van der Waals surface area contributed by atoms with Gasteiger partial charge in [-0.05, 0) is 24.5 Å². The molecule has 0 aliphatic carbocycles. The summed E-state index contributed by atoms with van der Waals surface area (Å²) in [6.07, 6.45) is 3.14. The van der Waals surface area contributed by atoms with Crippen molar-refractivity contribution in [3.63, 3.8) is 0 Å². The van der Waals surface area contributed by atoms with Gasteiger partial charge in [-0.15, -0.1) is 0 Å². The fourth-order valence-electron chi connectivity index (χ4n) is 2.24. The SMILES string of the molecule is C=CCOC(=O)N1CCCc2ccc(CCC(=O)O)nc21. The lowest BCUT2D eigenvalue weighted by Crippen LogP contribution is -2.37. The molecule has 1 aliphatic rings. The van der Waals surface area contributed by atoms with Crippen molar-refractivity contribution >= 4 is 17.9 Å². The third kappa shape index (κ3) is 3.81. The Bertz CT molecular complexity index is 557. The maximum absolute atomic E-state index is 12.0. The summed E-state index contributed by atoms with van der Waals surface area (Å²) >= 11 is 0. The van der Waals surface area contributed by atoms with E-state index in [1.54, 1.807) is 0 Å². The number of anilines is 1. The van der Waals surface area contributed by atoms with E-state index < -0.39 is 12.1 Å². The molecule has 1 aromatic rings. The number of pyridine rings is 1. The van der Waals surface area contributed by atoms with Crippen LogP contribution in [0.15, 0.2) is 24.8 Å². The lowest BCUT2D eigenvalue weighted by molar-refractivity contribution is -0.136. The molecular formula is C15H18N2O4. The summed E-state index contributed by atoms with van der Waals surface area (Å²) in [7, 11) is 0. The zero-order chi connectivity index (χ0) is 15.2. The second-order valence-corrected chi connectivity index (χ2v) is 4.80. The summed E-state index contributed by atoms with van der Waals surface area (Å²) in [4.78, 5) is 28.6. The highest BCUT2D eigenvalue weighted by Crippen LogP contribution is 2.26. The van der Waals surface area contributed by atoms with Crippen LogP contribution in [0.3, 0.4) is 0 Å². The molecule has 1 aromatic heterocycles. The molecule has 6 heteroatoms. The smallest absolute Gasteiger partial charge is 0.415 e. The fraction of sp³-hybridized carbons (Fsp3) is 0.400. The van der Waals surface area contributed by atoms with E-state index >= 15 is 0 Å². The van der Waals surface area contributed by atoms with E-state index in [0.717, 1.165) is 18.4 Å². The number of hydrogen-bond donors (Lipinski definition) is 1. The highest BCUT2D eigenvalue weighted by Gasteiger charge is 2.25. The Balaban J connectivity index is 2.18. The largest absolute Gasteiger partial charge is 0.481 e. The summed E-state index contributed by atoms with van der Waals surface area (Å²) in [5, 5.41) is 8.73. The number of hydrogen-bond acceptors (Lipinski definition) is 4. The first-order valence-electron chi connectivity index (χ1n) is 6.87. The van der Waals surface area contributed by atoms with Gasteiger partial charge >= 0.3 is 12.1 Å². The first-order chi connectivity index (χ1) is 10.1. The topological polar surface area (TPSA) is 79.7 Å². The number of carbonyl (C=O) groups excluding carboxylic acids is 1. The van der Waals surface area contributed by atoms with Crippen molar-refractivity contribution in [2.24, 2.45) is 0 Å². The first-order valence-corrected chi connectivity index (χ1v) is 6.87. The number of amides is 1. The van der Waals surface area contributed by atoms with Crippen LogP contribution in [0, 0.1) is 0 Å². The molecule has 112 valence electrons. The number of rotatable bonds is 5. The van der Waals surface area contributed by atoms with Crippen molar-refractivity contribution in [1.29, 1.82) is 0 Å². The van der Waals surface area contributed by atoms with Gasteiger partial charge in [0, 0.05) is 18.7 Å². The molecule has 0 unspecified atom stereocenters. The van der Waals surface area contributed by atoms with Gasteiger partial charge in [0.1, 0.15) is 12.4 Å². The number of aliphatic carboxylic acids is 1. The second kappa shape index (κ2) is 6.88. The minimum absolute atomic E-state index is 0.0205. The number of carboxylic acids is 1. The molecule has 1 amide bonds. The zero-order valence-corrected chi connectivity index (χ0v) is 11.7. The van der Waals surface area contributed by atoms with Crippen LogP contribution in [-0.2, 0) is 22.4 Å². The van der Waals surface area contributed by atoms with Crippen LogP contribution >= 0.6 is 0 Å². The van der Waals surface area contributed by atoms with Gasteiger partial charge in [-0.1, -0.05) is 18.7 Å². The average molecular weight is 290 g/mol. The highest BCUT2D eigenvalue weighted by molar-refractivity contribution is 5.87. The van der Waals surface area contributed by atoms with E-state index in [-0.39, 0.29) is 13.0 Å². The predicted octanol–water partition coefficient (Wildman–Crippen LogP) is 2.17. The van der Waals surface area contributed by atoms with E-state index in [9.17, 15) is 9.59 Å². The lowest BCUT2D eigenvalue weighted by Gasteiger charge is -2.27. The van der Waals surface area contributed by atoms with Gasteiger partial charge in [0.15, 0.2) is 0 Å². The van der Waals surface area contributed by atoms with Gasteiger partial charge in [0.05, 0.1) is 6.42 Å². The quantitative estimate of drug-likeness (QED) is 0.841. The van der Waals surface area contributed by atoms with E-state index in [0.29, 0.717) is 24.5 Å². The molecule has 0 radical (unpaired) electrons. The van der Waals surface area contributed by atoms with Crippen LogP contribution in [0.5, 0.6) is 0 Å². The van der Waals surface area contributed by atoms with Gasteiger partial charge in [-0.2, -0.15) is 0 Å². The molecule has 2 heterocycles. The lowest BCUT2D eigenvalue weighted by atomic mass is 10.0. The minimum atomic E-state index is -0.864. The Morgan fingerprint density at radius 3 is 3.00 bits per heavy atom. The van der Waals surface area contributed by atoms with Crippen LogP contribution in [0.4, 0.5) is 10.6 Å². The molecule has 0 aromatic carbocycles. The van der Waals surface area contributed by atoms with Gasteiger partial charge in [-0.25, -0.2) is 9.78 Å². The monoisotopic (exact) mass is 290 g/mol. The predicted molar refractivity (Wildman–Crippen MR) is 77.4 cm³/mol. The van der Waals surface area contributed by atoms with Gasteiger partial charge in [0.2, 0.25) is 0 Å². The van der Waals surface area contributed by atoms with Crippen molar-refractivity contribution in [1.82, 2.24) is 4.98 Å². The van der Waals surface area contributed by atoms with Crippen LogP contribution in [0.25, 0.3) is 0 Å². The standard InChI is InChI=1S/C15H18N2O4/c1-2-10-21-15(20)17-9-3-4-11-5-6-12(16-14(11)17)7-8-13(18)19/h2,5-6H,1,3-4,7-10H2,(H,18,19). The van der Waals surface area contributed by atoms with E-state index in [1.165, 1.54) is 11.0 Å². The minimum Gasteiger partial charge on any atom is -0.481 e. The fourth-order valence-corrected chi connectivity index (χ4v) is 2.24. The van der Waals surface area contributed by atoms with Gasteiger partial charge in [0.25, 0.3) is 0 Å². The number of carboxylic acid groups (broad SMARTS) is 1. The van der Waals surface area contributed by atoms with Crippen LogP contribution in [0.1, 0.15) is 24.1 Å². The number of carbonyl (C=O) groups is 2. The molecule has 0 bridgehead atoms. The summed E-state index contributed by atoms with van der Waals surface area (Å²) < 4.78 is 5.06. The van der Waals surface area contributed by atoms with E-state index in [4.69, 9.17) is 9.84 Å². The average Bonchev–Trinajstić information content (AvgIpc) is 2.49. The Morgan fingerprint density at radius 1 is 1.48 bits per heavy atom. The second-order valence-electron chi connectivity index (χ2n) is 4.80. The molecular weight excluding hydrogens is 272 g/mol. The Hall–Kier alpha value is -2.37.